The Hall–Kier alpha value is -3.02. The second-order valence-electron chi connectivity index (χ2n) is 5.74. The van der Waals surface area contributed by atoms with Crippen molar-refractivity contribution in [3.05, 3.63) is 60.2 Å². The molecule has 6 nitrogen and oxygen atoms in total. The van der Waals surface area contributed by atoms with Crippen molar-refractivity contribution in [2.45, 2.75) is 12.5 Å². The van der Waals surface area contributed by atoms with Gasteiger partial charge in [-0.15, -0.1) is 0 Å². The number of ether oxygens (including phenoxy) is 2. The number of hydrogen-bond donors (Lipinski definition) is 2. The molecule has 1 heterocycles. The zero-order valence-corrected chi connectivity index (χ0v) is 13.7. The van der Waals surface area contributed by atoms with Crippen LogP contribution in [-0.4, -0.2) is 37.6 Å². The molecule has 0 radical (unpaired) electrons. The fourth-order valence-corrected chi connectivity index (χ4v) is 2.48. The number of benzene rings is 2. The average Bonchev–Trinajstić information content (AvgIpc) is 2.65. The molecule has 2 N–H and O–H groups in total. The van der Waals surface area contributed by atoms with Crippen molar-refractivity contribution in [2.24, 2.45) is 0 Å². The smallest absolute Gasteiger partial charge is 0.239 e. The van der Waals surface area contributed by atoms with Gasteiger partial charge in [0, 0.05) is 0 Å². The van der Waals surface area contributed by atoms with Gasteiger partial charge in [0.25, 0.3) is 0 Å². The lowest BCUT2D eigenvalue weighted by molar-refractivity contribution is -0.126. The molecule has 0 spiro atoms. The van der Waals surface area contributed by atoms with Gasteiger partial charge in [0.15, 0.2) is 11.5 Å². The van der Waals surface area contributed by atoms with E-state index in [0.29, 0.717) is 24.7 Å². The fourth-order valence-electron chi connectivity index (χ4n) is 2.48. The molecule has 0 aromatic heterocycles. The molecule has 1 atom stereocenters. The number of amides is 2. The maximum atomic E-state index is 11.9. The predicted molar refractivity (Wildman–Crippen MR) is 92.5 cm³/mol. The van der Waals surface area contributed by atoms with Crippen molar-refractivity contribution in [1.82, 2.24) is 10.6 Å². The van der Waals surface area contributed by atoms with Crippen LogP contribution in [0.15, 0.2) is 54.6 Å². The molecule has 0 fully saturated rings. The SMILES string of the molecule is O=C(CNC(=O)Cc1ccccc1)NC[C@H]1COc2ccccc2O1. The molecule has 0 aliphatic carbocycles. The molecular weight excluding hydrogens is 320 g/mol. The highest BCUT2D eigenvalue weighted by Gasteiger charge is 2.21. The number of carbonyl (C=O) groups is 2. The number of nitrogens with one attached hydrogen (secondary N) is 2. The number of fused-ring (bicyclic) bond motifs is 1. The number of carbonyl (C=O) groups excluding carboxylic acids is 2. The zero-order valence-electron chi connectivity index (χ0n) is 13.7. The summed E-state index contributed by atoms with van der Waals surface area (Å²) in [5.74, 6) is 0.929. The Morgan fingerprint density at radius 2 is 1.64 bits per heavy atom. The Balaban J connectivity index is 1.37. The largest absolute Gasteiger partial charge is 0.486 e. The Kier molecular flexibility index (Phi) is 5.51. The molecule has 0 bridgehead atoms. The molecule has 0 unspecified atom stereocenters. The lowest BCUT2D eigenvalue weighted by Gasteiger charge is -2.26. The Morgan fingerprint density at radius 3 is 2.44 bits per heavy atom. The van der Waals surface area contributed by atoms with E-state index in [0.717, 1.165) is 5.56 Å². The maximum Gasteiger partial charge on any atom is 0.239 e. The van der Waals surface area contributed by atoms with Crippen LogP contribution in [0.2, 0.25) is 0 Å². The first kappa shape index (κ1) is 16.8. The Morgan fingerprint density at radius 1 is 0.920 bits per heavy atom. The average molecular weight is 340 g/mol. The van der Waals surface area contributed by atoms with Crippen molar-refractivity contribution in [3.63, 3.8) is 0 Å². The minimum Gasteiger partial charge on any atom is -0.486 e. The summed E-state index contributed by atoms with van der Waals surface area (Å²) < 4.78 is 11.3. The van der Waals surface area contributed by atoms with Gasteiger partial charge < -0.3 is 20.1 Å². The molecule has 0 saturated heterocycles. The van der Waals surface area contributed by atoms with Gasteiger partial charge >= 0.3 is 0 Å². The quantitative estimate of drug-likeness (QED) is 0.831. The van der Waals surface area contributed by atoms with Crippen molar-refractivity contribution >= 4 is 11.8 Å². The highest BCUT2D eigenvalue weighted by Crippen LogP contribution is 2.30. The third-order valence-corrected chi connectivity index (χ3v) is 3.75. The second kappa shape index (κ2) is 8.19. The van der Waals surface area contributed by atoms with E-state index in [4.69, 9.17) is 9.47 Å². The third kappa shape index (κ3) is 4.97. The fraction of sp³-hybridized carbons (Fsp3) is 0.263. The molecule has 2 amide bonds. The third-order valence-electron chi connectivity index (χ3n) is 3.75. The van der Waals surface area contributed by atoms with Crippen LogP contribution in [0, 0.1) is 0 Å². The van der Waals surface area contributed by atoms with E-state index in [2.05, 4.69) is 10.6 Å². The van der Waals surface area contributed by atoms with Gasteiger partial charge in [-0.25, -0.2) is 0 Å². The van der Waals surface area contributed by atoms with Crippen LogP contribution in [0.5, 0.6) is 11.5 Å². The van der Waals surface area contributed by atoms with Crippen molar-refractivity contribution in [1.29, 1.82) is 0 Å². The van der Waals surface area contributed by atoms with Gasteiger partial charge in [-0.05, 0) is 17.7 Å². The van der Waals surface area contributed by atoms with Crippen LogP contribution >= 0.6 is 0 Å². The van der Waals surface area contributed by atoms with E-state index < -0.39 is 0 Å². The minimum absolute atomic E-state index is 0.0597. The van der Waals surface area contributed by atoms with Gasteiger partial charge in [-0.2, -0.15) is 0 Å². The zero-order chi connectivity index (χ0) is 17.5. The lowest BCUT2D eigenvalue weighted by atomic mass is 10.1. The van der Waals surface area contributed by atoms with Gasteiger partial charge in [-0.1, -0.05) is 42.5 Å². The standard InChI is InChI=1S/C19H20N2O4/c22-18(10-14-6-2-1-3-7-14)21-12-19(23)20-11-15-13-24-16-8-4-5-9-17(16)25-15/h1-9,15H,10-13H2,(H,20,23)(H,21,22)/t15-/m0/s1. The normalized spacial score (nSPS) is 15.3. The van der Waals surface area contributed by atoms with Gasteiger partial charge in [-0.3, -0.25) is 9.59 Å². The Bertz CT molecular complexity index is 733. The molecule has 1 aliphatic heterocycles. The van der Waals surface area contributed by atoms with Crippen molar-refractivity contribution in [2.75, 3.05) is 19.7 Å². The monoisotopic (exact) mass is 340 g/mol. The van der Waals surface area contributed by atoms with Crippen molar-refractivity contribution < 1.29 is 19.1 Å². The van der Waals surface area contributed by atoms with Crippen LogP contribution < -0.4 is 20.1 Å². The summed E-state index contributed by atoms with van der Waals surface area (Å²) in [6.07, 6.45) is 0.00340. The molecule has 2 aromatic rings. The summed E-state index contributed by atoms with van der Waals surface area (Å²) in [6.45, 7) is 0.634. The van der Waals surface area contributed by atoms with Crippen LogP contribution in [-0.2, 0) is 16.0 Å². The van der Waals surface area contributed by atoms with Crippen LogP contribution in [0.25, 0.3) is 0 Å². The topological polar surface area (TPSA) is 76.7 Å². The first-order valence-electron chi connectivity index (χ1n) is 8.16. The number of para-hydroxylation sites is 2. The van der Waals surface area contributed by atoms with Gasteiger partial charge in [0.05, 0.1) is 19.5 Å². The first-order valence-corrected chi connectivity index (χ1v) is 8.16. The molecule has 6 heteroatoms. The summed E-state index contributed by atoms with van der Waals surface area (Å²) >= 11 is 0. The van der Waals surface area contributed by atoms with Crippen LogP contribution in [0.3, 0.4) is 0 Å². The van der Waals surface area contributed by atoms with E-state index in [1.807, 2.05) is 54.6 Å². The predicted octanol–water partition coefficient (Wildman–Crippen LogP) is 1.30. The lowest BCUT2D eigenvalue weighted by Crippen LogP contribution is -2.44. The Labute approximate surface area is 146 Å². The molecule has 0 saturated carbocycles. The van der Waals surface area contributed by atoms with Gasteiger partial charge in [0.1, 0.15) is 12.7 Å². The van der Waals surface area contributed by atoms with E-state index >= 15 is 0 Å². The first-order chi connectivity index (χ1) is 12.2. The summed E-state index contributed by atoms with van der Waals surface area (Å²) in [5, 5.41) is 5.36. The van der Waals surface area contributed by atoms with E-state index in [9.17, 15) is 9.59 Å². The number of hydrogen-bond acceptors (Lipinski definition) is 4. The molecule has 2 aromatic carbocycles. The molecular formula is C19H20N2O4. The second-order valence-corrected chi connectivity index (χ2v) is 5.74. The van der Waals surface area contributed by atoms with Crippen molar-refractivity contribution in [3.8, 4) is 11.5 Å². The highest BCUT2D eigenvalue weighted by molar-refractivity contribution is 5.85. The van der Waals surface area contributed by atoms with Crippen LogP contribution in [0.1, 0.15) is 5.56 Å². The summed E-state index contributed by atoms with van der Waals surface area (Å²) in [4.78, 5) is 23.7. The van der Waals surface area contributed by atoms with Crippen LogP contribution in [0.4, 0.5) is 0 Å². The molecule has 130 valence electrons. The summed E-state index contributed by atoms with van der Waals surface area (Å²) in [7, 11) is 0. The molecule has 1 aliphatic rings. The highest BCUT2D eigenvalue weighted by atomic mass is 16.6. The maximum absolute atomic E-state index is 11.9. The summed E-state index contributed by atoms with van der Waals surface area (Å²) in [6, 6.07) is 16.8. The summed E-state index contributed by atoms with van der Waals surface area (Å²) in [5.41, 5.74) is 0.909. The minimum atomic E-state index is -0.260. The number of rotatable bonds is 6. The van der Waals surface area contributed by atoms with Gasteiger partial charge in [0.2, 0.25) is 11.8 Å². The molecule has 25 heavy (non-hydrogen) atoms. The van der Waals surface area contributed by atoms with E-state index in [1.54, 1.807) is 0 Å². The van der Waals surface area contributed by atoms with E-state index in [-0.39, 0.29) is 30.9 Å². The van der Waals surface area contributed by atoms with E-state index in [1.165, 1.54) is 0 Å². The molecule has 3 rings (SSSR count).